The molecule has 0 N–H and O–H groups in total. The lowest BCUT2D eigenvalue weighted by Gasteiger charge is -2.14. The van der Waals surface area contributed by atoms with E-state index in [9.17, 15) is 22.8 Å². The fourth-order valence-electron chi connectivity index (χ4n) is 1.81. The number of nitrogens with zero attached hydrogens (tertiary/aromatic N) is 3. The zero-order chi connectivity index (χ0) is 18.2. The Labute approximate surface area is 143 Å². The number of hydrogen-bond donors (Lipinski definition) is 0. The van der Waals surface area contributed by atoms with Gasteiger partial charge in [-0.25, -0.2) is 4.79 Å². The van der Waals surface area contributed by atoms with Gasteiger partial charge in [0.05, 0.1) is 5.02 Å². The lowest BCUT2D eigenvalue weighted by molar-refractivity contribution is -0.147. The zero-order valence-corrected chi connectivity index (χ0v) is 13.8. The molecule has 0 aliphatic carbocycles. The van der Waals surface area contributed by atoms with Crippen LogP contribution in [0.2, 0.25) is 10.0 Å². The van der Waals surface area contributed by atoms with E-state index in [1.54, 1.807) is 0 Å². The first-order valence-corrected chi connectivity index (χ1v) is 7.17. The minimum Gasteiger partial charge on any atom is -0.479 e. The molecule has 0 saturated heterocycles. The molecule has 1 aromatic heterocycles. The van der Waals surface area contributed by atoms with E-state index in [1.165, 1.54) is 25.1 Å². The molecule has 11 heteroatoms. The Morgan fingerprint density at radius 1 is 1.33 bits per heavy atom. The van der Waals surface area contributed by atoms with Crippen molar-refractivity contribution >= 4 is 29.1 Å². The number of carbonyl (C=O) groups excluding carboxylic acids is 1. The Morgan fingerprint density at radius 2 is 1.96 bits per heavy atom. The minimum absolute atomic E-state index is 0.0851. The SMILES string of the molecule is CC(Oc1ccc(Cl)cc1Cl)C(=O)n1nc(C(F)(F)F)n(C)c1=O. The van der Waals surface area contributed by atoms with Crippen LogP contribution in [0.4, 0.5) is 13.2 Å². The van der Waals surface area contributed by atoms with E-state index in [1.807, 2.05) is 0 Å². The summed E-state index contributed by atoms with van der Waals surface area (Å²) in [6.07, 6.45) is -6.18. The Morgan fingerprint density at radius 3 is 2.46 bits per heavy atom. The van der Waals surface area contributed by atoms with Crippen LogP contribution >= 0.6 is 23.2 Å². The smallest absolute Gasteiger partial charge is 0.451 e. The average Bonchev–Trinajstić information content (AvgIpc) is 2.77. The van der Waals surface area contributed by atoms with Gasteiger partial charge in [0.25, 0.3) is 5.91 Å². The number of halogens is 5. The molecule has 1 heterocycles. The predicted octanol–water partition coefficient (Wildman–Crippen LogP) is 3.02. The van der Waals surface area contributed by atoms with E-state index in [-0.39, 0.29) is 20.0 Å². The van der Waals surface area contributed by atoms with Crippen molar-refractivity contribution in [1.29, 1.82) is 0 Å². The Kier molecular flexibility index (Phi) is 4.95. The van der Waals surface area contributed by atoms with Crippen LogP contribution in [-0.4, -0.2) is 26.4 Å². The van der Waals surface area contributed by atoms with Crippen molar-refractivity contribution < 1.29 is 22.7 Å². The molecule has 0 fully saturated rings. The van der Waals surface area contributed by atoms with Crippen LogP contribution in [0.1, 0.15) is 17.5 Å². The molecule has 2 rings (SSSR count). The summed E-state index contributed by atoms with van der Waals surface area (Å²) in [5.41, 5.74) is -1.23. The summed E-state index contributed by atoms with van der Waals surface area (Å²) in [6.45, 7) is 1.25. The van der Waals surface area contributed by atoms with Crippen LogP contribution in [0.5, 0.6) is 5.75 Å². The van der Waals surface area contributed by atoms with Gasteiger partial charge in [-0.05, 0) is 25.1 Å². The van der Waals surface area contributed by atoms with Crippen LogP contribution in [0.3, 0.4) is 0 Å². The number of hydrogen-bond acceptors (Lipinski definition) is 4. The molecule has 0 spiro atoms. The van der Waals surface area contributed by atoms with Crippen LogP contribution in [-0.2, 0) is 13.2 Å². The number of aromatic nitrogens is 3. The molecule has 1 atom stereocenters. The Balaban J connectivity index is 2.30. The van der Waals surface area contributed by atoms with Gasteiger partial charge in [-0.3, -0.25) is 9.36 Å². The zero-order valence-electron chi connectivity index (χ0n) is 12.3. The van der Waals surface area contributed by atoms with Crippen LogP contribution in [0.25, 0.3) is 0 Å². The summed E-state index contributed by atoms with van der Waals surface area (Å²) in [5, 5.41) is 3.48. The van der Waals surface area contributed by atoms with Crippen molar-refractivity contribution in [1.82, 2.24) is 14.3 Å². The third-order valence-corrected chi connectivity index (χ3v) is 3.52. The highest BCUT2D eigenvalue weighted by Crippen LogP contribution is 2.29. The highest BCUT2D eigenvalue weighted by molar-refractivity contribution is 6.35. The van der Waals surface area contributed by atoms with Crippen molar-refractivity contribution in [3.8, 4) is 5.75 Å². The maximum Gasteiger partial charge on any atom is 0.451 e. The fraction of sp³-hybridized carbons (Fsp3) is 0.308. The van der Waals surface area contributed by atoms with Crippen LogP contribution in [0, 0.1) is 0 Å². The molecule has 0 saturated carbocycles. The van der Waals surface area contributed by atoms with Gasteiger partial charge in [-0.1, -0.05) is 23.2 Å². The molecule has 2 aromatic rings. The topological polar surface area (TPSA) is 66.1 Å². The van der Waals surface area contributed by atoms with E-state index in [0.717, 1.165) is 7.05 Å². The van der Waals surface area contributed by atoms with Gasteiger partial charge in [0.1, 0.15) is 5.75 Å². The standard InChI is InChI=1S/C13H10Cl2F3N3O3/c1-6(24-9-4-3-7(14)5-8(9)15)10(22)21-12(23)20(2)11(19-21)13(16,17)18/h3-6H,1-2H3. The summed E-state index contributed by atoms with van der Waals surface area (Å²) in [5.74, 6) is -2.48. The number of alkyl halides is 3. The van der Waals surface area contributed by atoms with E-state index in [0.29, 0.717) is 5.02 Å². The number of ether oxygens (including phenoxy) is 1. The molecule has 0 aliphatic rings. The predicted molar refractivity (Wildman–Crippen MR) is 79.6 cm³/mol. The maximum absolute atomic E-state index is 12.7. The van der Waals surface area contributed by atoms with Crippen molar-refractivity contribution in [2.75, 3.05) is 0 Å². The molecule has 6 nitrogen and oxygen atoms in total. The molecule has 1 aromatic carbocycles. The van der Waals surface area contributed by atoms with Crippen molar-refractivity contribution in [3.05, 3.63) is 44.6 Å². The number of carbonyl (C=O) groups is 1. The molecule has 0 bridgehead atoms. The Hall–Kier alpha value is -2.00. The highest BCUT2D eigenvalue weighted by Gasteiger charge is 2.39. The van der Waals surface area contributed by atoms with Gasteiger partial charge in [0.2, 0.25) is 5.82 Å². The molecule has 1 unspecified atom stereocenters. The average molecular weight is 384 g/mol. The quantitative estimate of drug-likeness (QED) is 0.816. The highest BCUT2D eigenvalue weighted by atomic mass is 35.5. The van der Waals surface area contributed by atoms with Crippen LogP contribution < -0.4 is 10.4 Å². The second-order valence-electron chi connectivity index (χ2n) is 4.75. The maximum atomic E-state index is 12.7. The molecular formula is C13H10Cl2F3N3O3. The van der Waals surface area contributed by atoms with Crippen LogP contribution in [0.15, 0.2) is 23.0 Å². The minimum atomic E-state index is -4.87. The fourth-order valence-corrected chi connectivity index (χ4v) is 2.26. The summed E-state index contributed by atoms with van der Waals surface area (Å²) in [4.78, 5) is 24.0. The van der Waals surface area contributed by atoms with Crippen molar-refractivity contribution in [3.63, 3.8) is 0 Å². The Bertz CT molecular complexity index is 845. The third kappa shape index (κ3) is 3.57. The molecular weight excluding hydrogens is 374 g/mol. The second-order valence-corrected chi connectivity index (χ2v) is 5.59. The number of benzene rings is 1. The van der Waals surface area contributed by atoms with Gasteiger partial charge < -0.3 is 4.74 Å². The summed E-state index contributed by atoms with van der Waals surface area (Å²) in [7, 11) is 0.865. The first-order valence-electron chi connectivity index (χ1n) is 6.41. The van der Waals surface area contributed by atoms with Gasteiger partial charge >= 0.3 is 11.9 Å². The van der Waals surface area contributed by atoms with Gasteiger partial charge in [0.15, 0.2) is 6.10 Å². The summed E-state index contributed by atoms with van der Waals surface area (Å²) < 4.78 is 43.8. The first kappa shape index (κ1) is 18.3. The van der Waals surface area contributed by atoms with Gasteiger partial charge in [-0.15, -0.1) is 9.78 Å². The van der Waals surface area contributed by atoms with Crippen molar-refractivity contribution in [2.24, 2.45) is 7.05 Å². The largest absolute Gasteiger partial charge is 0.479 e. The third-order valence-electron chi connectivity index (χ3n) is 2.99. The normalized spacial score (nSPS) is 13.0. The monoisotopic (exact) mass is 383 g/mol. The van der Waals surface area contributed by atoms with Gasteiger partial charge in [-0.2, -0.15) is 13.2 Å². The van der Waals surface area contributed by atoms with E-state index in [4.69, 9.17) is 27.9 Å². The van der Waals surface area contributed by atoms with E-state index >= 15 is 0 Å². The molecule has 0 aliphatic heterocycles. The number of rotatable bonds is 3. The lowest BCUT2D eigenvalue weighted by atomic mass is 10.3. The van der Waals surface area contributed by atoms with E-state index < -0.39 is 29.7 Å². The summed E-state index contributed by atoms with van der Waals surface area (Å²) >= 11 is 11.6. The van der Waals surface area contributed by atoms with Crippen molar-refractivity contribution in [2.45, 2.75) is 19.2 Å². The molecule has 130 valence electrons. The molecule has 24 heavy (non-hydrogen) atoms. The van der Waals surface area contributed by atoms with E-state index in [2.05, 4.69) is 5.10 Å². The molecule has 0 amide bonds. The molecule has 0 radical (unpaired) electrons. The first-order chi connectivity index (χ1) is 11.0. The lowest BCUT2D eigenvalue weighted by Crippen LogP contribution is -2.37. The second kappa shape index (κ2) is 6.48. The summed E-state index contributed by atoms with van der Waals surface area (Å²) in [6, 6.07) is 4.20. The van der Waals surface area contributed by atoms with Gasteiger partial charge in [0, 0.05) is 12.1 Å².